The van der Waals surface area contributed by atoms with Crippen LogP contribution in [0.25, 0.3) is 0 Å². The van der Waals surface area contributed by atoms with E-state index in [1.807, 2.05) is 13.0 Å². The van der Waals surface area contributed by atoms with Crippen LogP contribution in [0.2, 0.25) is 0 Å². The number of hydrogen-bond acceptors (Lipinski definition) is 6. The summed E-state index contributed by atoms with van der Waals surface area (Å²) in [6.07, 6.45) is 2.27. The monoisotopic (exact) mass is 488 g/mol. The molecule has 0 radical (unpaired) electrons. The molecule has 3 fully saturated rings. The van der Waals surface area contributed by atoms with Crippen molar-refractivity contribution in [3.63, 3.8) is 0 Å². The lowest BCUT2D eigenvalue weighted by atomic mass is 9.95. The number of carbonyl (C=O) groups is 2. The van der Waals surface area contributed by atoms with Crippen LogP contribution in [-0.4, -0.2) is 96.6 Å². The summed E-state index contributed by atoms with van der Waals surface area (Å²) in [6, 6.07) is 10.2. The van der Waals surface area contributed by atoms with Gasteiger partial charge < -0.3 is 30.1 Å². The predicted octanol–water partition coefficient (Wildman–Crippen LogP) is 1.50. The van der Waals surface area contributed by atoms with E-state index in [2.05, 4.69) is 39.8 Å². The molecule has 3 aliphatic heterocycles. The van der Waals surface area contributed by atoms with Crippen LogP contribution in [0.1, 0.15) is 44.6 Å². The summed E-state index contributed by atoms with van der Waals surface area (Å²) in [5, 5.41) is 16.3. The van der Waals surface area contributed by atoms with Gasteiger partial charge in [0.05, 0.1) is 44.4 Å². The average molecular weight is 489 g/mol. The highest BCUT2D eigenvalue weighted by atomic mass is 16.5. The largest absolute Gasteiger partial charge is 0.389 e. The highest BCUT2D eigenvalue weighted by Gasteiger charge is 2.40. The second-order valence-corrected chi connectivity index (χ2v) is 9.99. The second-order valence-electron chi connectivity index (χ2n) is 9.99. The molecule has 3 heterocycles. The molecule has 1 aromatic rings. The molecule has 0 saturated carbocycles. The quantitative estimate of drug-likeness (QED) is 0.538. The molecule has 35 heavy (non-hydrogen) atoms. The van der Waals surface area contributed by atoms with Gasteiger partial charge in [-0.1, -0.05) is 37.3 Å². The fourth-order valence-corrected chi connectivity index (χ4v) is 5.34. The number of urea groups is 1. The minimum atomic E-state index is -0.723. The molecule has 9 heteroatoms. The van der Waals surface area contributed by atoms with E-state index >= 15 is 0 Å². The highest BCUT2D eigenvalue weighted by molar-refractivity contribution is 5.77. The number of benzene rings is 1. The van der Waals surface area contributed by atoms with Gasteiger partial charge in [-0.05, 0) is 31.2 Å². The molecule has 1 aromatic carbocycles. The molecule has 0 aliphatic carbocycles. The molecule has 9 nitrogen and oxygen atoms in total. The van der Waals surface area contributed by atoms with E-state index in [9.17, 15) is 14.7 Å². The number of fused-ring (bicyclic) bond motifs is 1. The highest BCUT2D eigenvalue weighted by Crippen LogP contribution is 2.28. The Morgan fingerprint density at radius 3 is 2.74 bits per heavy atom. The second kappa shape index (κ2) is 12.7. The van der Waals surface area contributed by atoms with E-state index in [1.54, 1.807) is 4.90 Å². The van der Waals surface area contributed by atoms with E-state index in [4.69, 9.17) is 9.47 Å². The third kappa shape index (κ3) is 7.39. The van der Waals surface area contributed by atoms with Crippen LogP contribution in [0.5, 0.6) is 0 Å². The summed E-state index contributed by atoms with van der Waals surface area (Å²) in [6.45, 7) is 6.01. The SMILES string of the molecule is CCCNC(=O)N1C[C@@H](O)COC[C@@H]2O[C@H](CC(=O)N[C@@H]3CCN(Cc4ccccc4)C3)CC[C@H]21. The number of amides is 3. The zero-order valence-electron chi connectivity index (χ0n) is 20.7. The zero-order valence-corrected chi connectivity index (χ0v) is 20.7. The molecule has 0 aromatic heterocycles. The van der Waals surface area contributed by atoms with Crippen LogP contribution in [0.3, 0.4) is 0 Å². The molecule has 0 unspecified atom stereocenters. The first-order valence-electron chi connectivity index (χ1n) is 13.0. The van der Waals surface area contributed by atoms with Crippen molar-refractivity contribution in [1.29, 1.82) is 0 Å². The Balaban J connectivity index is 1.26. The van der Waals surface area contributed by atoms with Crippen LogP contribution in [0, 0.1) is 0 Å². The number of nitrogens with zero attached hydrogens (tertiary/aromatic N) is 2. The van der Waals surface area contributed by atoms with Crippen LogP contribution < -0.4 is 10.6 Å². The molecule has 3 amide bonds. The number of hydrogen-bond donors (Lipinski definition) is 3. The lowest BCUT2D eigenvalue weighted by Crippen LogP contribution is -2.59. The van der Waals surface area contributed by atoms with Gasteiger partial charge in [0, 0.05) is 32.2 Å². The van der Waals surface area contributed by atoms with Gasteiger partial charge in [-0.15, -0.1) is 0 Å². The van der Waals surface area contributed by atoms with E-state index in [0.717, 1.165) is 32.5 Å². The maximum Gasteiger partial charge on any atom is 0.317 e. The van der Waals surface area contributed by atoms with E-state index in [0.29, 0.717) is 32.4 Å². The number of ether oxygens (including phenoxy) is 2. The molecule has 3 aliphatic rings. The molecule has 5 atom stereocenters. The van der Waals surface area contributed by atoms with Gasteiger partial charge >= 0.3 is 6.03 Å². The third-order valence-corrected chi connectivity index (χ3v) is 7.07. The Morgan fingerprint density at radius 2 is 1.94 bits per heavy atom. The molecule has 194 valence electrons. The van der Waals surface area contributed by atoms with E-state index < -0.39 is 6.10 Å². The number of carbonyl (C=O) groups excluding carboxylic acids is 2. The molecule has 4 rings (SSSR count). The van der Waals surface area contributed by atoms with Gasteiger partial charge in [0.15, 0.2) is 0 Å². The van der Waals surface area contributed by atoms with Gasteiger partial charge in [0.2, 0.25) is 5.91 Å². The van der Waals surface area contributed by atoms with Crippen molar-refractivity contribution in [3.05, 3.63) is 35.9 Å². The van der Waals surface area contributed by atoms with Gasteiger partial charge in [-0.25, -0.2) is 4.79 Å². The Bertz CT molecular complexity index is 825. The summed E-state index contributed by atoms with van der Waals surface area (Å²) >= 11 is 0. The number of nitrogens with one attached hydrogen (secondary N) is 2. The maximum atomic E-state index is 12.8. The smallest absolute Gasteiger partial charge is 0.317 e. The topological polar surface area (TPSA) is 103 Å². The molecule has 0 bridgehead atoms. The lowest BCUT2D eigenvalue weighted by molar-refractivity contribution is -0.150. The number of aliphatic hydroxyl groups is 1. The van der Waals surface area contributed by atoms with Gasteiger partial charge in [0.25, 0.3) is 0 Å². The van der Waals surface area contributed by atoms with Crippen molar-refractivity contribution in [2.45, 2.75) is 76.0 Å². The van der Waals surface area contributed by atoms with Crippen molar-refractivity contribution in [2.24, 2.45) is 0 Å². The van der Waals surface area contributed by atoms with Gasteiger partial charge in [-0.2, -0.15) is 0 Å². The van der Waals surface area contributed by atoms with Crippen molar-refractivity contribution in [2.75, 3.05) is 39.4 Å². The summed E-state index contributed by atoms with van der Waals surface area (Å²) in [5.41, 5.74) is 1.29. The average Bonchev–Trinajstić information content (AvgIpc) is 3.27. The Kier molecular flexibility index (Phi) is 9.37. The fourth-order valence-electron chi connectivity index (χ4n) is 5.34. The molecular formula is C26H40N4O5. The standard InChI is InChI=1S/C26H40N4O5/c1-2-11-27-26(33)30-16-21(31)17-34-18-24-23(30)9-8-22(35-24)13-25(32)28-20-10-12-29(15-20)14-19-6-4-3-5-7-19/h3-7,20-24,31H,2,8-18H2,1H3,(H,27,33)(H,28,32)/t20-,21-,22+,23-,24+/m1/s1. The van der Waals surface area contributed by atoms with Crippen molar-refractivity contribution in [3.8, 4) is 0 Å². The van der Waals surface area contributed by atoms with E-state index in [-0.39, 0.29) is 49.4 Å². The first kappa shape index (κ1) is 25.9. The normalized spacial score (nSPS) is 29.7. The Morgan fingerprint density at radius 1 is 1.11 bits per heavy atom. The summed E-state index contributed by atoms with van der Waals surface area (Å²) in [5.74, 6) is 0.0136. The maximum absolute atomic E-state index is 12.8. The van der Waals surface area contributed by atoms with E-state index in [1.165, 1.54) is 5.56 Å². The Labute approximate surface area is 208 Å². The summed E-state index contributed by atoms with van der Waals surface area (Å²) in [7, 11) is 0. The number of aliphatic hydroxyl groups excluding tert-OH is 1. The first-order valence-corrected chi connectivity index (χ1v) is 13.0. The number of likely N-dealkylation sites (tertiary alicyclic amines) is 1. The van der Waals surface area contributed by atoms with Crippen LogP contribution in [0.4, 0.5) is 4.79 Å². The number of rotatable bonds is 7. The third-order valence-electron chi connectivity index (χ3n) is 7.07. The Hall–Kier alpha value is -2.20. The number of β-amino-alcohol motifs (C(OH)–C–C–N with tert-alkyl or cyclic N) is 1. The predicted molar refractivity (Wildman–Crippen MR) is 132 cm³/mol. The van der Waals surface area contributed by atoms with Crippen molar-refractivity contribution < 1.29 is 24.2 Å². The molecule has 0 spiro atoms. The molecular weight excluding hydrogens is 448 g/mol. The molecule has 3 saturated heterocycles. The van der Waals surface area contributed by atoms with Crippen LogP contribution >= 0.6 is 0 Å². The zero-order chi connectivity index (χ0) is 24.6. The lowest BCUT2D eigenvalue weighted by Gasteiger charge is -2.44. The van der Waals surface area contributed by atoms with Gasteiger partial charge in [0.1, 0.15) is 6.10 Å². The van der Waals surface area contributed by atoms with Crippen LogP contribution in [0.15, 0.2) is 30.3 Å². The minimum Gasteiger partial charge on any atom is -0.389 e. The molecule has 3 N–H and O–H groups in total. The van der Waals surface area contributed by atoms with Gasteiger partial charge in [-0.3, -0.25) is 9.69 Å². The minimum absolute atomic E-state index is 0.0136. The first-order chi connectivity index (χ1) is 17.0. The van der Waals surface area contributed by atoms with Crippen molar-refractivity contribution in [1.82, 2.24) is 20.4 Å². The van der Waals surface area contributed by atoms with Crippen LogP contribution in [-0.2, 0) is 20.8 Å². The summed E-state index contributed by atoms with van der Waals surface area (Å²) < 4.78 is 11.9. The summed E-state index contributed by atoms with van der Waals surface area (Å²) in [4.78, 5) is 29.6. The van der Waals surface area contributed by atoms with Crippen molar-refractivity contribution >= 4 is 11.9 Å². The fraction of sp³-hybridized carbons (Fsp3) is 0.692.